The summed E-state index contributed by atoms with van der Waals surface area (Å²) in [7, 11) is 5.86. The van der Waals surface area contributed by atoms with Gasteiger partial charge in [0.1, 0.15) is 5.69 Å². The molecule has 0 radical (unpaired) electrons. The molecule has 7 heteroatoms. The first-order valence-corrected chi connectivity index (χ1v) is 6.87. The molecular formula is C13H24N6O. The van der Waals surface area contributed by atoms with Crippen LogP contribution in [0.25, 0.3) is 0 Å². The number of nitrogens with one attached hydrogen (secondary N) is 1. The van der Waals surface area contributed by atoms with E-state index in [-0.39, 0.29) is 12.1 Å². The minimum atomic E-state index is -0.121. The Balaban J connectivity index is 2.29. The summed E-state index contributed by atoms with van der Waals surface area (Å²) in [6.07, 6.45) is 4.44. The number of aromatic nitrogens is 2. The van der Waals surface area contributed by atoms with Gasteiger partial charge >= 0.3 is 0 Å². The third kappa shape index (κ3) is 3.24. The van der Waals surface area contributed by atoms with Gasteiger partial charge in [-0.25, -0.2) is 10.4 Å². The molecule has 1 aliphatic rings. The molecule has 1 saturated heterocycles. The summed E-state index contributed by atoms with van der Waals surface area (Å²) in [5.74, 6) is 6.32. The molecule has 0 saturated carbocycles. The van der Waals surface area contributed by atoms with Crippen molar-refractivity contribution < 1.29 is 4.74 Å². The average molecular weight is 280 g/mol. The van der Waals surface area contributed by atoms with Gasteiger partial charge < -0.3 is 14.5 Å². The number of ether oxygens (including phenoxy) is 1. The van der Waals surface area contributed by atoms with E-state index in [1.165, 1.54) is 0 Å². The highest BCUT2D eigenvalue weighted by Gasteiger charge is 2.32. The van der Waals surface area contributed by atoms with Crippen LogP contribution in [0.1, 0.15) is 18.2 Å². The molecule has 0 spiro atoms. The molecule has 7 nitrogen and oxygen atoms in total. The molecule has 2 atom stereocenters. The molecule has 0 amide bonds. The first kappa shape index (κ1) is 15.1. The molecule has 3 N–H and O–H groups in total. The summed E-state index contributed by atoms with van der Waals surface area (Å²) in [5.41, 5.74) is 3.65. The predicted octanol–water partition coefficient (Wildman–Crippen LogP) is -0.374. The highest BCUT2D eigenvalue weighted by atomic mass is 16.5. The number of likely N-dealkylation sites (N-methyl/N-ethyl adjacent to an activating group) is 2. The van der Waals surface area contributed by atoms with Gasteiger partial charge in [-0.05, 0) is 33.6 Å². The second kappa shape index (κ2) is 6.94. The lowest BCUT2D eigenvalue weighted by atomic mass is 10.0. The zero-order valence-electron chi connectivity index (χ0n) is 12.4. The monoisotopic (exact) mass is 280 g/mol. The quantitative estimate of drug-likeness (QED) is 0.575. The lowest BCUT2D eigenvalue weighted by Gasteiger charge is -2.33. The number of nitrogens with two attached hydrogens (primary N) is 1. The summed E-state index contributed by atoms with van der Waals surface area (Å²) in [5, 5.41) is 0. The van der Waals surface area contributed by atoms with Crippen molar-refractivity contribution in [2.75, 3.05) is 40.8 Å². The van der Waals surface area contributed by atoms with Gasteiger partial charge in [0.05, 0.1) is 13.2 Å². The van der Waals surface area contributed by atoms with E-state index in [1.54, 1.807) is 19.5 Å². The largest absolute Gasteiger partial charge is 0.480 e. The third-order valence-corrected chi connectivity index (χ3v) is 3.86. The molecule has 1 aromatic heterocycles. The first-order chi connectivity index (χ1) is 9.67. The number of hydrogen-bond donors (Lipinski definition) is 2. The van der Waals surface area contributed by atoms with Crippen molar-refractivity contribution in [3.05, 3.63) is 18.1 Å². The van der Waals surface area contributed by atoms with E-state index in [9.17, 15) is 0 Å². The smallest absolute Gasteiger partial charge is 0.237 e. The van der Waals surface area contributed by atoms with Gasteiger partial charge in [0.25, 0.3) is 0 Å². The third-order valence-electron chi connectivity index (χ3n) is 3.86. The lowest BCUT2D eigenvalue weighted by molar-refractivity contribution is 0.174. The Kier molecular flexibility index (Phi) is 5.24. The van der Waals surface area contributed by atoms with Crippen molar-refractivity contribution >= 4 is 0 Å². The van der Waals surface area contributed by atoms with Crippen LogP contribution in [0.3, 0.4) is 0 Å². The van der Waals surface area contributed by atoms with Crippen LogP contribution in [-0.2, 0) is 0 Å². The van der Waals surface area contributed by atoms with Gasteiger partial charge in [-0.1, -0.05) is 0 Å². The fraction of sp³-hybridized carbons (Fsp3) is 0.692. The molecule has 0 aromatic carbocycles. The Morgan fingerprint density at radius 3 is 2.80 bits per heavy atom. The molecule has 1 aromatic rings. The van der Waals surface area contributed by atoms with E-state index in [4.69, 9.17) is 10.6 Å². The number of methoxy groups -OCH3 is 1. The zero-order chi connectivity index (χ0) is 14.5. The van der Waals surface area contributed by atoms with Crippen LogP contribution in [0, 0.1) is 0 Å². The van der Waals surface area contributed by atoms with Crippen LogP contribution in [0.2, 0.25) is 0 Å². The molecule has 2 unspecified atom stereocenters. The SMILES string of the molecule is COc1nccnc1C(NN)C1CN(C)CCCN1C. The molecule has 0 aliphatic carbocycles. The molecule has 112 valence electrons. The Hall–Kier alpha value is -1.28. The average Bonchev–Trinajstić information content (AvgIpc) is 2.62. The fourth-order valence-electron chi connectivity index (χ4n) is 2.74. The van der Waals surface area contributed by atoms with Crippen molar-refractivity contribution in [1.29, 1.82) is 0 Å². The Bertz CT molecular complexity index is 429. The molecule has 2 rings (SSSR count). The summed E-state index contributed by atoms with van der Waals surface area (Å²) in [6.45, 7) is 3.05. The molecular weight excluding hydrogens is 256 g/mol. The van der Waals surface area contributed by atoms with Gasteiger partial charge in [-0.2, -0.15) is 0 Å². The maximum Gasteiger partial charge on any atom is 0.237 e. The molecule has 1 fully saturated rings. The van der Waals surface area contributed by atoms with Crippen LogP contribution in [0.5, 0.6) is 5.88 Å². The van der Waals surface area contributed by atoms with E-state index < -0.39 is 0 Å². The molecule has 20 heavy (non-hydrogen) atoms. The molecule has 1 aliphatic heterocycles. The second-order valence-electron chi connectivity index (χ2n) is 5.26. The van der Waals surface area contributed by atoms with Gasteiger partial charge in [0.15, 0.2) is 0 Å². The van der Waals surface area contributed by atoms with Gasteiger partial charge in [0.2, 0.25) is 5.88 Å². The van der Waals surface area contributed by atoms with E-state index in [2.05, 4.69) is 39.3 Å². The van der Waals surface area contributed by atoms with Crippen LogP contribution in [-0.4, -0.2) is 66.6 Å². The number of nitrogens with zero attached hydrogens (tertiary/aromatic N) is 4. The predicted molar refractivity (Wildman–Crippen MR) is 77.2 cm³/mol. The van der Waals surface area contributed by atoms with E-state index in [0.29, 0.717) is 5.88 Å². The highest BCUT2D eigenvalue weighted by Crippen LogP contribution is 2.26. The summed E-state index contributed by atoms with van der Waals surface area (Å²) >= 11 is 0. The fourth-order valence-corrected chi connectivity index (χ4v) is 2.74. The van der Waals surface area contributed by atoms with Crippen LogP contribution in [0.4, 0.5) is 0 Å². The van der Waals surface area contributed by atoms with Crippen molar-refractivity contribution in [3.8, 4) is 5.88 Å². The van der Waals surface area contributed by atoms with Gasteiger partial charge in [-0.3, -0.25) is 10.8 Å². The van der Waals surface area contributed by atoms with E-state index >= 15 is 0 Å². The Morgan fingerprint density at radius 1 is 1.35 bits per heavy atom. The van der Waals surface area contributed by atoms with E-state index in [1.807, 2.05) is 0 Å². The standard InChI is InChI=1S/C13H24N6O/c1-18-7-4-8-19(2)10(9-18)11(17-14)12-13(20-3)16-6-5-15-12/h5-6,10-11,17H,4,7-9,14H2,1-3H3. The van der Waals surface area contributed by atoms with E-state index in [0.717, 1.165) is 31.7 Å². The summed E-state index contributed by atoms with van der Waals surface area (Å²) in [6, 6.07) is 0.0994. The summed E-state index contributed by atoms with van der Waals surface area (Å²) < 4.78 is 5.31. The minimum absolute atomic E-state index is 0.121. The normalized spacial score (nSPS) is 23.3. The van der Waals surface area contributed by atoms with Crippen LogP contribution in [0.15, 0.2) is 12.4 Å². The first-order valence-electron chi connectivity index (χ1n) is 6.87. The Labute approximate surface area is 120 Å². The maximum atomic E-state index is 5.80. The number of hydrogen-bond acceptors (Lipinski definition) is 7. The van der Waals surface area contributed by atoms with Crippen molar-refractivity contribution in [3.63, 3.8) is 0 Å². The second-order valence-corrected chi connectivity index (χ2v) is 5.26. The lowest BCUT2D eigenvalue weighted by Crippen LogP contribution is -2.49. The zero-order valence-corrected chi connectivity index (χ0v) is 12.4. The minimum Gasteiger partial charge on any atom is -0.480 e. The van der Waals surface area contributed by atoms with Gasteiger partial charge in [-0.15, -0.1) is 0 Å². The molecule has 0 bridgehead atoms. The van der Waals surface area contributed by atoms with Crippen LogP contribution >= 0.6 is 0 Å². The Morgan fingerprint density at radius 2 is 2.10 bits per heavy atom. The topological polar surface area (TPSA) is 79.5 Å². The van der Waals surface area contributed by atoms with Gasteiger partial charge in [0, 0.05) is 25.0 Å². The highest BCUT2D eigenvalue weighted by molar-refractivity contribution is 5.23. The number of hydrazine groups is 1. The van der Waals surface area contributed by atoms with Crippen molar-refractivity contribution in [2.45, 2.75) is 18.5 Å². The number of rotatable bonds is 4. The molecule has 2 heterocycles. The van der Waals surface area contributed by atoms with Crippen molar-refractivity contribution in [2.24, 2.45) is 5.84 Å². The van der Waals surface area contributed by atoms with Crippen molar-refractivity contribution in [1.82, 2.24) is 25.2 Å². The van der Waals surface area contributed by atoms with Crippen LogP contribution < -0.4 is 16.0 Å². The summed E-state index contributed by atoms with van der Waals surface area (Å²) in [4.78, 5) is 13.3. The maximum absolute atomic E-state index is 5.80.